The second-order valence-corrected chi connectivity index (χ2v) is 7.78. The van der Waals surface area contributed by atoms with Gasteiger partial charge in [0.1, 0.15) is 23.1 Å². The molecule has 0 saturated carbocycles. The third kappa shape index (κ3) is 2.60. The molecule has 0 saturated heterocycles. The van der Waals surface area contributed by atoms with E-state index in [1.54, 1.807) is 0 Å². The van der Waals surface area contributed by atoms with E-state index < -0.39 is 37.2 Å². The van der Waals surface area contributed by atoms with Crippen molar-refractivity contribution in [3.8, 4) is 17.2 Å². The molecule has 0 amide bonds. The highest BCUT2D eigenvalue weighted by atomic mass is 79.9. The number of hydrogen-bond acceptors (Lipinski definition) is 5. The Morgan fingerprint density at radius 1 is 1.12 bits per heavy atom. The van der Waals surface area contributed by atoms with Crippen LogP contribution in [0.2, 0.25) is 0 Å². The Morgan fingerprint density at radius 3 is 2.40 bits per heavy atom. The fourth-order valence-corrected chi connectivity index (χ4v) is 4.37. The summed E-state index contributed by atoms with van der Waals surface area (Å²) in [5.41, 5.74) is -0.703. The van der Waals surface area contributed by atoms with Crippen molar-refractivity contribution in [3.63, 3.8) is 0 Å². The van der Waals surface area contributed by atoms with E-state index in [9.17, 15) is 26.4 Å². The van der Waals surface area contributed by atoms with Gasteiger partial charge in [0, 0.05) is 18.2 Å². The first kappa shape index (κ1) is 17.7. The Hall–Kier alpha value is -2.07. The second-order valence-electron chi connectivity index (χ2n) is 5.03. The number of carbonyl (C=O) groups excluding carboxylic acids is 1. The maximum absolute atomic E-state index is 13.7. The molecule has 5 nitrogen and oxygen atoms in total. The number of sulfone groups is 1. The predicted molar refractivity (Wildman–Crippen MR) is 83.6 cm³/mol. The number of benzene rings is 2. The van der Waals surface area contributed by atoms with Gasteiger partial charge in [-0.3, -0.25) is 4.79 Å². The molecule has 1 aliphatic heterocycles. The lowest BCUT2D eigenvalue weighted by atomic mass is 10.1. The molecule has 0 aliphatic carbocycles. The molecule has 2 aromatic carbocycles. The molecule has 0 N–H and O–H groups in total. The first-order valence-corrected chi connectivity index (χ1v) is 8.89. The molecular weight excluding hydrogens is 429 g/mol. The summed E-state index contributed by atoms with van der Waals surface area (Å²) in [7, 11) is -3.80. The Labute approximate surface area is 148 Å². The van der Waals surface area contributed by atoms with Crippen molar-refractivity contribution in [1.82, 2.24) is 0 Å². The number of carbonyl (C=O) groups is 1. The zero-order chi connectivity index (χ0) is 18.6. The van der Waals surface area contributed by atoms with E-state index in [1.165, 1.54) is 13.2 Å². The number of fused-ring (bicyclic) bond motifs is 1. The lowest BCUT2D eigenvalue weighted by Gasteiger charge is -2.11. The van der Waals surface area contributed by atoms with Gasteiger partial charge in [-0.15, -0.1) is 0 Å². The minimum atomic E-state index is -5.11. The summed E-state index contributed by atoms with van der Waals surface area (Å²) >= 11 is 2.92. The second kappa shape index (κ2) is 5.73. The van der Waals surface area contributed by atoms with E-state index >= 15 is 0 Å². The molecule has 3 rings (SSSR count). The summed E-state index contributed by atoms with van der Waals surface area (Å²) in [6.45, 7) is 0. The van der Waals surface area contributed by atoms with Gasteiger partial charge >= 0.3 is 5.25 Å². The van der Waals surface area contributed by atoms with Gasteiger partial charge in [-0.1, -0.05) is 0 Å². The van der Waals surface area contributed by atoms with Crippen LogP contribution in [-0.4, -0.2) is 26.6 Å². The zero-order valence-corrected chi connectivity index (χ0v) is 14.8. The van der Waals surface area contributed by atoms with Gasteiger partial charge in [0.05, 0.1) is 22.0 Å². The smallest absolute Gasteiger partial charge is 0.411 e. The fourth-order valence-electron chi connectivity index (χ4n) is 2.30. The SMILES string of the molecule is COc1cc(F)cc(Oc2ccc3c(c2Br)C(=O)C(F)(F)S3(=O)=O)c1. The highest BCUT2D eigenvalue weighted by Crippen LogP contribution is 2.47. The predicted octanol–water partition coefficient (Wildman–Crippen LogP) is 3.95. The highest BCUT2D eigenvalue weighted by molar-refractivity contribution is 9.10. The first-order valence-electron chi connectivity index (χ1n) is 6.61. The number of ether oxygens (including phenoxy) is 2. The molecule has 0 fully saturated rings. The van der Waals surface area contributed by atoms with Crippen LogP contribution in [0.15, 0.2) is 39.7 Å². The summed E-state index contributed by atoms with van der Waals surface area (Å²) in [6, 6.07) is 5.37. The summed E-state index contributed by atoms with van der Waals surface area (Å²) in [6.07, 6.45) is 0. The lowest BCUT2D eigenvalue weighted by molar-refractivity contribution is 0.0548. The molecule has 25 heavy (non-hydrogen) atoms. The molecule has 0 unspecified atom stereocenters. The van der Waals surface area contributed by atoms with Crippen molar-refractivity contribution in [1.29, 1.82) is 0 Å². The van der Waals surface area contributed by atoms with E-state index in [-0.39, 0.29) is 21.7 Å². The number of hydrogen-bond donors (Lipinski definition) is 0. The summed E-state index contributed by atoms with van der Waals surface area (Å²) < 4.78 is 74.5. The quantitative estimate of drug-likeness (QED) is 0.728. The van der Waals surface area contributed by atoms with Gasteiger partial charge in [-0.05, 0) is 28.1 Å². The van der Waals surface area contributed by atoms with Crippen LogP contribution in [0.5, 0.6) is 17.2 Å². The molecule has 1 heterocycles. The zero-order valence-electron chi connectivity index (χ0n) is 12.3. The van der Waals surface area contributed by atoms with E-state index in [0.717, 1.165) is 24.3 Å². The van der Waals surface area contributed by atoms with Crippen LogP contribution in [0.1, 0.15) is 10.4 Å². The molecule has 1 aliphatic rings. The van der Waals surface area contributed by atoms with E-state index in [2.05, 4.69) is 15.9 Å². The Bertz CT molecular complexity index is 1000. The van der Waals surface area contributed by atoms with Crippen LogP contribution in [0.4, 0.5) is 13.2 Å². The van der Waals surface area contributed by atoms with Gasteiger partial charge in [0.2, 0.25) is 0 Å². The van der Waals surface area contributed by atoms with Crippen molar-refractivity contribution in [3.05, 3.63) is 46.2 Å². The summed E-state index contributed by atoms with van der Waals surface area (Å²) in [5, 5.41) is -4.54. The average Bonchev–Trinajstić information content (AvgIpc) is 2.67. The third-order valence-corrected chi connectivity index (χ3v) is 6.06. The maximum atomic E-state index is 13.7. The van der Waals surface area contributed by atoms with Crippen molar-refractivity contribution in [2.75, 3.05) is 7.11 Å². The number of halogens is 4. The summed E-state index contributed by atoms with van der Waals surface area (Å²) in [5.74, 6) is -2.53. The van der Waals surface area contributed by atoms with Gasteiger partial charge in [0.25, 0.3) is 15.6 Å². The standard InChI is InChI=1S/C15H8BrF3O5S/c1-23-8-4-7(17)5-9(6-8)24-10-2-3-11-12(13(10)16)14(20)15(18,19)25(11,21)22/h2-6H,1H3. The molecule has 0 radical (unpaired) electrons. The van der Waals surface area contributed by atoms with Gasteiger partial charge in [-0.2, -0.15) is 8.78 Å². The van der Waals surface area contributed by atoms with Crippen LogP contribution in [0.3, 0.4) is 0 Å². The Kier molecular flexibility index (Phi) is 4.07. The largest absolute Gasteiger partial charge is 0.497 e. The molecule has 132 valence electrons. The number of alkyl halides is 2. The monoisotopic (exact) mass is 436 g/mol. The van der Waals surface area contributed by atoms with E-state index in [0.29, 0.717) is 0 Å². The summed E-state index contributed by atoms with van der Waals surface area (Å²) in [4.78, 5) is 11.0. The van der Waals surface area contributed by atoms with Gasteiger partial charge < -0.3 is 9.47 Å². The average molecular weight is 437 g/mol. The van der Waals surface area contributed by atoms with Crippen molar-refractivity contribution in [2.24, 2.45) is 0 Å². The van der Waals surface area contributed by atoms with Crippen molar-refractivity contribution < 1.29 is 35.9 Å². The minimum absolute atomic E-state index is 0.0300. The fraction of sp³-hybridized carbons (Fsp3) is 0.133. The number of ketones is 1. The van der Waals surface area contributed by atoms with E-state index in [4.69, 9.17) is 9.47 Å². The van der Waals surface area contributed by atoms with Crippen molar-refractivity contribution >= 4 is 31.6 Å². The Morgan fingerprint density at radius 2 is 1.76 bits per heavy atom. The maximum Gasteiger partial charge on any atom is 0.411 e. The molecule has 0 aromatic heterocycles. The minimum Gasteiger partial charge on any atom is -0.497 e. The number of rotatable bonds is 3. The molecular formula is C15H8BrF3O5S. The van der Waals surface area contributed by atoms with Crippen LogP contribution < -0.4 is 9.47 Å². The van der Waals surface area contributed by atoms with Crippen LogP contribution in [-0.2, 0) is 9.84 Å². The van der Waals surface area contributed by atoms with Crippen LogP contribution in [0, 0.1) is 5.82 Å². The van der Waals surface area contributed by atoms with E-state index in [1.807, 2.05) is 0 Å². The third-order valence-electron chi connectivity index (χ3n) is 3.50. The molecule has 0 bridgehead atoms. The van der Waals surface area contributed by atoms with Crippen molar-refractivity contribution in [2.45, 2.75) is 10.2 Å². The highest BCUT2D eigenvalue weighted by Gasteiger charge is 2.61. The van der Waals surface area contributed by atoms with Crippen LogP contribution in [0.25, 0.3) is 0 Å². The van der Waals surface area contributed by atoms with Gasteiger partial charge in [0.15, 0.2) is 0 Å². The number of methoxy groups -OCH3 is 1. The van der Waals surface area contributed by atoms with Crippen LogP contribution >= 0.6 is 15.9 Å². The normalized spacial score (nSPS) is 17.2. The lowest BCUT2D eigenvalue weighted by Crippen LogP contribution is -2.30. The molecule has 0 spiro atoms. The Balaban J connectivity index is 2.10. The topological polar surface area (TPSA) is 69.7 Å². The molecule has 0 atom stereocenters. The first-order chi connectivity index (χ1) is 11.6. The molecule has 10 heteroatoms. The number of Topliss-reactive ketones (excluding diaryl/α,β-unsaturated/α-hetero) is 1. The van der Waals surface area contributed by atoms with Gasteiger partial charge in [-0.25, -0.2) is 12.8 Å². The molecule has 2 aromatic rings.